The van der Waals surface area contributed by atoms with Crippen LogP contribution in [0.15, 0.2) is 46.9 Å². The molecule has 0 heterocycles. The highest BCUT2D eigenvalue weighted by Gasteiger charge is 2.08. The van der Waals surface area contributed by atoms with Gasteiger partial charge in [0.25, 0.3) is 5.91 Å². The summed E-state index contributed by atoms with van der Waals surface area (Å²) >= 11 is 3.38. The van der Waals surface area contributed by atoms with Crippen molar-refractivity contribution in [2.45, 2.75) is 13.3 Å². The molecule has 2 rings (SSSR count). The highest BCUT2D eigenvalue weighted by molar-refractivity contribution is 9.10. The van der Waals surface area contributed by atoms with Gasteiger partial charge in [-0.3, -0.25) is 4.79 Å². The number of ether oxygens (including phenoxy) is 1. The molecule has 0 aromatic heterocycles. The maximum absolute atomic E-state index is 12.1. The van der Waals surface area contributed by atoms with Gasteiger partial charge in [0.2, 0.25) is 0 Å². The first kappa shape index (κ1) is 15.6. The summed E-state index contributed by atoms with van der Waals surface area (Å²) in [5.74, 6) is 0.636. The van der Waals surface area contributed by atoms with Crippen molar-refractivity contribution in [2.24, 2.45) is 0 Å². The van der Waals surface area contributed by atoms with Crippen LogP contribution in [0.1, 0.15) is 21.5 Å². The number of hydrogen-bond acceptors (Lipinski definition) is 2. The monoisotopic (exact) mass is 347 g/mol. The fourth-order valence-corrected chi connectivity index (χ4v) is 2.64. The van der Waals surface area contributed by atoms with Crippen LogP contribution in [0, 0.1) is 6.92 Å². The fourth-order valence-electron chi connectivity index (χ4n) is 2.10. The van der Waals surface area contributed by atoms with Gasteiger partial charge in [-0.25, -0.2) is 0 Å². The van der Waals surface area contributed by atoms with Gasteiger partial charge in [-0.1, -0.05) is 29.8 Å². The maximum atomic E-state index is 12.1. The predicted molar refractivity (Wildman–Crippen MR) is 87.9 cm³/mol. The third kappa shape index (κ3) is 4.33. The molecule has 3 nitrogen and oxygen atoms in total. The molecule has 1 amide bonds. The molecule has 21 heavy (non-hydrogen) atoms. The lowest BCUT2D eigenvalue weighted by atomic mass is 10.1. The molecule has 0 bridgehead atoms. The average Bonchev–Trinajstić information content (AvgIpc) is 2.47. The van der Waals surface area contributed by atoms with E-state index in [-0.39, 0.29) is 5.91 Å². The van der Waals surface area contributed by atoms with Gasteiger partial charge in [0.15, 0.2) is 0 Å². The van der Waals surface area contributed by atoms with E-state index in [0.29, 0.717) is 17.9 Å². The third-order valence-corrected chi connectivity index (χ3v) is 3.82. The largest absolute Gasteiger partial charge is 0.496 e. The smallest absolute Gasteiger partial charge is 0.251 e. The first-order chi connectivity index (χ1) is 10.1. The van der Waals surface area contributed by atoms with Gasteiger partial charge >= 0.3 is 0 Å². The molecule has 0 radical (unpaired) electrons. The zero-order chi connectivity index (χ0) is 15.2. The van der Waals surface area contributed by atoms with Gasteiger partial charge in [0.1, 0.15) is 5.75 Å². The van der Waals surface area contributed by atoms with Crippen molar-refractivity contribution in [1.29, 1.82) is 0 Å². The predicted octanol–water partition coefficient (Wildman–Crippen LogP) is 3.74. The molecular formula is C17H18BrNO2. The average molecular weight is 348 g/mol. The van der Waals surface area contributed by atoms with E-state index >= 15 is 0 Å². The number of carbonyl (C=O) groups excluding carboxylic acids is 1. The Bertz CT molecular complexity index is 640. The molecule has 1 N–H and O–H groups in total. The van der Waals surface area contributed by atoms with E-state index < -0.39 is 0 Å². The summed E-state index contributed by atoms with van der Waals surface area (Å²) in [6.45, 7) is 2.68. The molecule has 0 unspecified atom stereocenters. The quantitative estimate of drug-likeness (QED) is 0.894. The van der Waals surface area contributed by atoms with E-state index in [2.05, 4.69) is 46.4 Å². The van der Waals surface area contributed by atoms with Gasteiger partial charge in [0, 0.05) is 12.1 Å². The Morgan fingerprint density at radius 3 is 2.71 bits per heavy atom. The van der Waals surface area contributed by atoms with E-state index in [0.717, 1.165) is 10.9 Å². The SMILES string of the molecule is COc1ccc(C(=O)NCCc2cccc(C)c2)cc1Br. The Hall–Kier alpha value is -1.81. The number of aryl methyl sites for hydroxylation is 1. The van der Waals surface area contributed by atoms with Gasteiger partial charge in [-0.15, -0.1) is 0 Å². The van der Waals surface area contributed by atoms with Crippen LogP contribution in [0.4, 0.5) is 0 Å². The molecule has 0 spiro atoms. The number of nitrogens with one attached hydrogen (secondary N) is 1. The first-order valence-electron chi connectivity index (χ1n) is 6.77. The van der Waals surface area contributed by atoms with E-state index in [1.54, 1.807) is 25.3 Å². The molecule has 0 saturated heterocycles. The highest BCUT2D eigenvalue weighted by Crippen LogP contribution is 2.25. The van der Waals surface area contributed by atoms with Gasteiger partial charge in [-0.2, -0.15) is 0 Å². The van der Waals surface area contributed by atoms with Crippen LogP contribution >= 0.6 is 15.9 Å². The second-order valence-electron chi connectivity index (χ2n) is 4.84. The van der Waals surface area contributed by atoms with E-state index in [1.165, 1.54) is 11.1 Å². The number of hydrogen-bond donors (Lipinski definition) is 1. The summed E-state index contributed by atoms with van der Waals surface area (Å²) < 4.78 is 5.93. The summed E-state index contributed by atoms with van der Waals surface area (Å²) in [4.78, 5) is 12.1. The summed E-state index contributed by atoms with van der Waals surface area (Å²) in [6.07, 6.45) is 0.824. The topological polar surface area (TPSA) is 38.3 Å². The van der Waals surface area contributed by atoms with Crippen LogP contribution in [-0.4, -0.2) is 19.6 Å². The van der Waals surface area contributed by atoms with E-state index in [4.69, 9.17) is 4.74 Å². The Balaban J connectivity index is 1.91. The molecule has 0 aliphatic carbocycles. The molecule has 0 fully saturated rings. The lowest BCUT2D eigenvalue weighted by Crippen LogP contribution is -2.25. The van der Waals surface area contributed by atoms with Gasteiger partial charge in [-0.05, 0) is 53.0 Å². The first-order valence-corrected chi connectivity index (χ1v) is 7.56. The van der Waals surface area contributed by atoms with Crippen LogP contribution in [0.3, 0.4) is 0 Å². The van der Waals surface area contributed by atoms with Crippen LogP contribution < -0.4 is 10.1 Å². The normalized spacial score (nSPS) is 10.2. The molecule has 0 aliphatic rings. The number of halogens is 1. The van der Waals surface area contributed by atoms with Crippen molar-refractivity contribution in [3.63, 3.8) is 0 Å². The highest BCUT2D eigenvalue weighted by atomic mass is 79.9. The minimum Gasteiger partial charge on any atom is -0.496 e. The number of benzene rings is 2. The van der Waals surface area contributed by atoms with E-state index in [1.807, 2.05) is 6.07 Å². The lowest BCUT2D eigenvalue weighted by molar-refractivity contribution is 0.0954. The van der Waals surface area contributed by atoms with E-state index in [9.17, 15) is 4.79 Å². The van der Waals surface area contributed by atoms with Crippen LogP contribution in [0.2, 0.25) is 0 Å². The van der Waals surface area contributed by atoms with Crippen molar-refractivity contribution in [3.05, 3.63) is 63.6 Å². The molecular weight excluding hydrogens is 330 g/mol. The molecule has 4 heteroatoms. The van der Waals surface area contributed by atoms with Crippen LogP contribution in [0.25, 0.3) is 0 Å². The number of methoxy groups -OCH3 is 1. The van der Waals surface area contributed by atoms with Crippen molar-refractivity contribution < 1.29 is 9.53 Å². The van der Waals surface area contributed by atoms with Crippen molar-refractivity contribution in [3.8, 4) is 5.75 Å². The zero-order valence-corrected chi connectivity index (χ0v) is 13.7. The third-order valence-electron chi connectivity index (χ3n) is 3.20. The van der Waals surface area contributed by atoms with Crippen LogP contribution in [0.5, 0.6) is 5.75 Å². The van der Waals surface area contributed by atoms with Crippen LogP contribution in [-0.2, 0) is 6.42 Å². The summed E-state index contributed by atoms with van der Waals surface area (Å²) in [7, 11) is 1.60. The second kappa shape index (κ2) is 7.27. The molecule has 0 saturated carbocycles. The Morgan fingerprint density at radius 2 is 2.05 bits per heavy atom. The molecule has 0 aliphatic heterocycles. The number of rotatable bonds is 5. The molecule has 0 atom stereocenters. The van der Waals surface area contributed by atoms with Crippen molar-refractivity contribution in [2.75, 3.05) is 13.7 Å². The molecule has 110 valence electrons. The minimum absolute atomic E-state index is 0.0778. The van der Waals surface area contributed by atoms with Crippen molar-refractivity contribution in [1.82, 2.24) is 5.32 Å². The number of amides is 1. The molecule has 2 aromatic carbocycles. The summed E-state index contributed by atoms with van der Waals surface area (Å²) in [5.41, 5.74) is 3.08. The van der Waals surface area contributed by atoms with Gasteiger partial charge in [0.05, 0.1) is 11.6 Å². The second-order valence-corrected chi connectivity index (χ2v) is 5.70. The minimum atomic E-state index is -0.0778. The summed E-state index contributed by atoms with van der Waals surface area (Å²) in [6, 6.07) is 13.6. The molecule has 2 aromatic rings. The van der Waals surface area contributed by atoms with Crippen molar-refractivity contribution >= 4 is 21.8 Å². The summed E-state index contributed by atoms with van der Waals surface area (Å²) in [5, 5.41) is 2.93. The Kier molecular flexibility index (Phi) is 5.39. The Morgan fingerprint density at radius 1 is 1.24 bits per heavy atom. The van der Waals surface area contributed by atoms with Gasteiger partial charge < -0.3 is 10.1 Å². The zero-order valence-electron chi connectivity index (χ0n) is 12.2. The standard InChI is InChI=1S/C17H18BrNO2/c1-12-4-3-5-13(10-12)8-9-19-17(20)14-6-7-16(21-2)15(18)11-14/h3-7,10-11H,8-9H2,1-2H3,(H,19,20). The Labute approximate surface area is 133 Å². The fraction of sp³-hybridized carbons (Fsp3) is 0.235. The lowest BCUT2D eigenvalue weighted by Gasteiger charge is -2.08. The maximum Gasteiger partial charge on any atom is 0.251 e. The number of carbonyl (C=O) groups is 1.